The number of anilines is 2. The summed E-state index contributed by atoms with van der Waals surface area (Å²) in [5, 5.41) is 7.76. The van der Waals surface area contributed by atoms with Crippen LogP contribution in [0.2, 0.25) is 0 Å². The van der Waals surface area contributed by atoms with E-state index >= 15 is 0 Å². The lowest BCUT2D eigenvalue weighted by Crippen LogP contribution is -2.37. The molecule has 0 unspecified atom stereocenters. The summed E-state index contributed by atoms with van der Waals surface area (Å²) in [7, 11) is 0. The molecule has 10 heteroatoms. The van der Waals surface area contributed by atoms with Crippen LogP contribution in [-0.4, -0.2) is 58.7 Å². The highest BCUT2D eigenvalue weighted by Crippen LogP contribution is 2.26. The number of ether oxygens (including phenoxy) is 1. The Labute approximate surface area is 215 Å². The molecule has 1 saturated heterocycles. The Balaban J connectivity index is 1.30. The average molecular weight is 511 g/mol. The Hall–Kier alpha value is -3.24. The van der Waals surface area contributed by atoms with Gasteiger partial charge in [0.05, 0.1) is 23.9 Å². The Morgan fingerprint density at radius 3 is 2.61 bits per heavy atom. The van der Waals surface area contributed by atoms with Crippen molar-refractivity contribution in [3.63, 3.8) is 0 Å². The van der Waals surface area contributed by atoms with Gasteiger partial charge in [-0.15, -0.1) is 11.3 Å². The van der Waals surface area contributed by atoms with E-state index in [-0.39, 0.29) is 23.9 Å². The number of aromatic nitrogens is 3. The van der Waals surface area contributed by atoms with Crippen LogP contribution in [-0.2, 0) is 15.1 Å². The summed E-state index contributed by atoms with van der Waals surface area (Å²) < 4.78 is 7.71. The van der Waals surface area contributed by atoms with Crippen molar-refractivity contribution >= 4 is 34.1 Å². The van der Waals surface area contributed by atoms with Crippen molar-refractivity contribution in [2.75, 3.05) is 36.5 Å². The first-order chi connectivity index (χ1) is 17.2. The number of hydrogen-bond donors (Lipinski definition) is 2. The maximum absolute atomic E-state index is 12.4. The third-order valence-corrected chi connectivity index (χ3v) is 6.81. The summed E-state index contributed by atoms with van der Waals surface area (Å²) in [5.41, 5.74) is 1.86. The predicted octanol–water partition coefficient (Wildman–Crippen LogP) is 4.14. The van der Waals surface area contributed by atoms with E-state index in [2.05, 4.69) is 41.3 Å². The molecule has 4 heterocycles. The van der Waals surface area contributed by atoms with Crippen LogP contribution in [0.3, 0.4) is 0 Å². The van der Waals surface area contributed by atoms with E-state index in [0.717, 1.165) is 44.0 Å². The number of amides is 2. The molecule has 1 aliphatic rings. The summed E-state index contributed by atoms with van der Waals surface area (Å²) in [6.45, 7) is 10.6. The third kappa shape index (κ3) is 6.50. The molecule has 3 aromatic rings. The summed E-state index contributed by atoms with van der Waals surface area (Å²) in [6.07, 6.45) is 5.95. The number of carbonyl (C=O) groups is 2. The van der Waals surface area contributed by atoms with E-state index in [1.807, 2.05) is 41.3 Å². The van der Waals surface area contributed by atoms with Crippen molar-refractivity contribution < 1.29 is 14.3 Å². The van der Waals surface area contributed by atoms with Crippen molar-refractivity contribution in [3.05, 3.63) is 47.6 Å². The Morgan fingerprint density at radius 2 is 1.92 bits per heavy atom. The van der Waals surface area contributed by atoms with Gasteiger partial charge in [0.2, 0.25) is 5.91 Å². The topological polar surface area (TPSA) is 101 Å². The third-order valence-electron chi connectivity index (χ3n) is 6.05. The monoisotopic (exact) mass is 510 g/mol. The highest BCUT2D eigenvalue weighted by molar-refractivity contribution is 7.14. The van der Waals surface area contributed by atoms with Crippen LogP contribution < -0.4 is 15.5 Å². The number of pyridine rings is 1. The van der Waals surface area contributed by atoms with Gasteiger partial charge in [-0.3, -0.25) is 9.59 Å². The molecule has 2 N–H and O–H groups in total. The first-order valence-electron chi connectivity index (χ1n) is 12.3. The van der Waals surface area contributed by atoms with Crippen molar-refractivity contribution in [2.24, 2.45) is 0 Å². The van der Waals surface area contributed by atoms with Crippen LogP contribution in [0, 0.1) is 0 Å². The van der Waals surface area contributed by atoms with E-state index in [1.54, 1.807) is 12.3 Å². The fraction of sp³-hybridized carbons (Fsp3) is 0.462. The number of thiazole rings is 1. The lowest BCUT2D eigenvalue weighted by molar-refractivity contribution is -0.115. The molecule has 0 spiro atoms. The molecular formula is C26H34N6O3S. The van der Waals surface area contributed by atoms with Crippen LogP contribution in [0.1, 0.15) is 50.9 Å². The summed E-state index contributed by atoms with van der Waals surface area (Å²) in [4.78, 5) is 36.4. The van der Waals surface area contributed by atoms with Gasteiger partial charge in [-0.25, -0.2) is 9.97 Å². The smallest absolute Gasteiger partial charge is 0.253 e. The number of nitrogens with zero attached hydrogens (tertiary/aromatic N) is 4. The molecule has 4 rings (SSSR count). The van der Waals surface area contributed by atoms with Crippen molar-refractivity contribution in [2.45, 2.75) is 52.2 Å². The molecule has 192 valence electrons. The number of piperidine rings is 1. The minimum absolute atomic E-state index is 0.118. The lowest BCUT2D eigenvalue weighted by atomic mass is 10.1. The molecule has 0 atom stereocenters. The summed E-state index contributed by atoms with van der Waals surface area (Å²) >= 11 is 1.33. The molecule has 0 bridgehead atoms. The molecule has 9 nitrogen and oxygen atoms in total. The molecule has 0 aliphatic carbocycles. The predicted molar refractivity (Wildman–Crippen MR) is 143 cm³/mol. The highest BCUT2D eigenvalue weighted by Gasteiger charge is 2.21. The van der Waals surface area contributed by atoms with Crippen LogP contribution in [0.5, 0.6) is 0 Å². The minimum Gasteiger partial charge on any atom is -0.378 e. The van der Waals surface area contributed by atoms with E-state index in [1.165, 1.54) is 11.3 Å². The Morgan fingerprint density at radius 1 is 1.14 bits per heavy atom. The zero-order chi connectivity index (χ0) is 25.7. The molecule has 0 aromatic carbocycles. The van der Waals surface area contributed by atoms with Crippen molar-refractivity contribution in [1.29, 1.82) is 0 Å². The van der Waals surface area contributed by atoms with Gasteiger partial charge in [-0.1, -0.05) is 6.07 Å². The first kappa shape index (κ1) is 25.8. The molecule has 2 amide bonds. The number of carbonyl (C=O) groups excluding carboxylic acids is 2. The number of hydrogen-bond acceptors (Lipinski definition) is 7. The van der Waals surface area contributed by atoms with E-state index in [0.29, 0.717) is 22.5 Å². The van der Waals surface area contributed by atoms with E-state index < -0.39 is 0 Å². The second kappa shape index (κ2) is 11.2. The van der Waals surface area contributed by atoms with Gasteiger partial charge in [0.15, 0.2) is 5.13 Å². The van der Waals surface area contributed by atoms with Crippen LogP contribution >= 0.6 is 11.3 Å². The molecule has 36 heavy (non-hydrogen) atoms. The van der Waals surface area contributed by atoms with Crippen LogP contribution in [0.25, 0.3) is 11.4 Å². The van der Waals surface area contributed by atoms with Crippen molar-refractivity contribution in [3.8, 4) is 11.4 Å². The number of rotatable bonds is 8. The largest absolute Gasteiger partial charge is 0.378 e. The molecule has 0 saturated carbocycles. The van der Waals surface area contributed by atoms with Gasteiger partial charge in [0.25, 0.3) is 5.91 Å². The van der Waals surface area contributed by atoms with Crippen LogP contribution in [0.15, 0.2) is 42.0 Å². The molecule has 0 radical (unpaired) electrons. The second-order valence-electron chi connectivity index (χ2n) is 9.77. The average Bonchev–Trinajstić information content (AvgIpc) is 3.54. The fourth-order valence-corrected chi connectivity index (χ4v) is 4.77. The Bertz CT molecular complexity index is 1190. The van der Waals surface area contributed by atoms with E-state index in [9.17, 15) is 9.59 Å². The van der Waals surface area contributed by atoms with Gasteiger partial charge in [-0.2, -0.15) is 0 Å². The maximum atomic E-state index is 12.4. The molecule has 3 aromatic heterocycles. The summed E-state index contributed by atoms with van der Waals surface area (Å²) in [5.74, 6) is 0.293. The highest BCUT2D eigenvalue weighted by atomic mass is 32.1. The van der Waals surface area contributed by atoms with Gasteiger partial charge < -0.3 is 24.8 Å². The van der Waals surface area contributed by atoms with Crippen molar-refractivity contribution in [1.82, 2.24) is 19.9 Å². The normalized spacial score (nSPS) is 14.6. The van der Waals surface area contributed by atoms with Gasteiger partial charge >= 0.3 is 0 Å². The lowest BCUT2D eigenvalue weighted by Gasteiger charge is -2.32. The standard InChI is InChI=1S/C26H34N6O3S/c1-5-35-19-10-12-31(13-11-19)22-8-6-7-20(28-22)21-17-36-25(29-21)30-23(33)15-27-24(34)18-9-14-32(16-18)26(2,3)4/h6-9,14,16-17,19H,5,10-13,15H2,1-4H3,(H,27,34)(H,29,30,33). The number of nitrogens with one attached hydrogen (secondary N) is 2. The Kier molecular flexibility index (Phi) is 8.05. The van der Waals surface area contributed by atoms with Crippen LogP contribution in [0.4, 0.5) is 10.9 Å². The van der Waals surface area contributed by atoms with Gasteiger partial charge in [0, 0.05) is 43.0 Å². The minimum atomic E-state index is -0.335. The van der Waals surface area contributed by atoms with Gasteiger partial charge in [0.1, 0.15) is 11.5 Å². The SMILES string of the molecule is CCOC1CCN(c2cccc(-c3csc(NC(=O)CNC(=O)c4ccn(C(C)(C)C)c4)n3)n2)CC1. The van der Waals surface area contributed by atoms with Gasteiger partial charge in [-0.05, 0) is 58.7 Å². The second-order valence-corrected chi connectivity index (χ2v) is 10.6. The zero-order valence-corrected chi connectivity index (χ0v) is 22.1. The molecule has 1 aliphatic heterocycles. The molecule has 1 fully saturated rings. The quantitative estimate of drug-likeness (QED) is 0.472. The maximum Gasteiger partial charge on any atom is 0.253 e. The fourth-order valence-electron chi connectivity index (χ4n) is 4.05. The zero-order valence-electron chi connectivity index (χ0n) is 21.3. The summed E-state index contributed by atoms with van der Waals surface area (Å²) in [6, 6.07) is 7.65. The molecular weight excluding hydrogens is 476 g/mol. The van der Waals surface area contributed by atoms with E-state index in [4.69, 9.17) is 9.72 Å². The first-order valence-corrected chi connectivity index (χ1v) is 13.2.